The van der Waals surface area contributed by atoms with Gasteiger partial charge in [0.1, 0.15) is 6.10 Å². The molecule has 15 nitrogen and oxygen atoms in total. The van der Waals surface area contributed by atoms with Crippen LogP contribution >= 0.6 is 0 Å². The molecule has 1 aliphatic heterocycles. The molecule has 2 amide bonds. The fourth-order valence-electron chi connectivity index (χ4n) is 7.00. The number of fused-ring (bicyclic) bond motifs is 2. The SMILES string of the molecule is COCCN(CCNC1=C2C[C@@H](C)C[C@H](OC)[C@H](O)[C@@H](C)/C=C(\C)[C@H](OC(N)=O)[C@@H](OC)/C=C\C=C(/C)C(=O)NC(=CC1=O)C2=O)CCc1ccc(OC)c(OC)c1. The summed E-state index contributed by atoms with van der Waals surface area (Å²) in [7, 11) is 7.76. The summed E-state index contributed by atoms with van der Waals surface area (Å²) >= 11 is 0. The minimum atomic E-state index is -1.01. The average molecular weight is 811 g/mol. The normalized spacial score (nSPS) is 26.2. The molecular formula is C43H62N4O11. The molecule has 5 N–H and O–H groups in total. The Morgan fingerprint density at radius 2 is 1.72 bits per heavy atom. The van der Waals surface area contributed by atoms with E-state index >= 15 is 0 Å². The van der Waals surface area contributed by atoms with Crippen LogP contribution < -0.4 is 25.8 Å². The van der Waals surface area contributed by atoms with Crippen LogP contribution in [0.2, 0.25) is 0 Å². The van der Waals surface area contributed by atoms with Gasteiger partial charge < -0.3 is 49.9 Å². The predicted octanol–water partition coefficient (Wildman–Crippen LogP) is 3.56. The minimum Gasteiger partial charge on any atom is -0.493 e. The van der Waals surface area contributed by atoms with Crippen molar-refractivity contribution in [3.63, 3.8) is 0 Å². The van der Waals surface area contributed by atoms with Crippen LogP contribution in [0.5, 0.6) is 11.5 Å². The van der Waals surface area contributed by atoms with Crippen LogP contribution in [0.4, 0.5) is 4.79 Å². The number of nitrogens with two attached hydrogens (primary N) is 1. The molecular weight excluding hydrogens is 748 g/mol. The maximum atomic E-state index is 14.2. The van der Waals surface area contributed by atoms with Crippen LogP contribution in [0.3, 0.4) is 0 Å². The van der Waals surface area contributed by atoms with Crippen LogP contribution in [0.25, 0.3) is 0 Å². The zero-order chi connectivity index (χ0) is 42.9. The topological polar surface area (TPSA) is 197 Å². The highest BCUT2D eigenvalue weighted by atomic mass is 16.6. The van der Waals surface area contributed by atoms with Gasteiger partial charge in [-0.3, -0.25) is 19.3 Å². The van der Waals surface area contributed by atoms with Crippen LogP contribution in [0, 0.1) is 11.8 Å². The van der Waals surface area contributed by atoms with Gasteiger partial charge in [0.2, 0.25) is 11.6 Å². The second kappa shape index (κ2) is 23.6. The van der Waals surface area contributed by atoms with Gasteiger partial charge in [0.25, 0.3) is 5.91 Å². The Kier molecular flexibility index (Phi) is 19.3. The number of Topliss-reactive ketones (excluding diaryl/α,β-unsaturated/α-hetero) is 1. The summed E-state index contributed by atoms with van der Waals surface area (Å²) < 4.78 is 33.0. The van der Waals surface area contributed by atoms with Gasteiger partial charge in [0.05, 0.1) is 44.4 Å². The number of ketones is 2. The number of allylic oxidation sites excluding steroid dienone is 4. The number of primary amides is 1. The van der Waals surface area contributed by atoms with E-state index in [2.05, 4.69) is 15.5 Å². The lowest BCUT2D eigenvalue weighted by atomic mass is 9.85. The zero-order valence-corrected chi connectivity index (χ0v) is 35.3. The number of benzene rings is 1. The van der Waals surface area contributed by atoms with Gasteiger partial charge in [0, 0.05) is 70.6 Å². The van der Waals surface area contributed by atoms with Crippen molar-refractivity contribution in [2.45, 2.75) is 71.4 Å². The number of carbonyl (C=O) groups is 4. The van der Waals surface area contributed by atoms with E-state index in [0.717, 1.165) is 18.1 Å². The number of methoxy groups -OCH3 is 5. The Balaban J connectivity index is 1.94. The first kappa shape index (κ1) is 47.6. The molecule has 15 heteroatoms. The fraction of sp³-hybridized carbons (Fsp3) is 0.535. The third kappa shape index (κ3) is 13.7. The standard InChI is InChI=1S/C43H62N4O11/c1-26-21-31-38(45-16-18-47(19-20-53-5)17-15-30-13-14-34(54-6)36(24-30)56-8)33(48)25-32(40(31)50)46-42(51)27(2)11-10-12-35(55-7)41(58-43(44)52)29(4)23-28(3)39(49)37(22-26)57-9/h10-14,23-26,28,35,37,39,41,45,49H,15-22H2,1-9H3,(H2,44,52)(H,46,51)/b12-10-,27-11+,29-23+/t26-,28+,35+,37+,39-,41+/m1/s1. The summed E-state index contributed by atoms with van der Waals surface area (Å²) in [5.41, 5.74) is 7.53. The molecule has 0 fully saturated rings. The third-order valence-corrected chi connectivity index (χ3v) is 10.3. The van der Waals surface area contributed by atoms with Gasteiger partial charge >= 0.3 is 6.09 Å². The van der Waals surface area contributed by atoms with E-state index in [0.29, 0.717) is 56.3 Å². The number of hydrogen-bond acceptors (Lipinski definition) is 13. The molecule has 0 spiro atoms. The summed E-state index contributed by atoms with van der Waals surface area (Å²) in [5.74, 6) is -0.953. The average Bonchev–Trinajstić information content (AvgIpc) is 3.20. The highest BCUT2D eigenvalue weighted by Crippen LogP contribution is 2.30. The maximum Gasteiger partial charge on any atom is 0.405 e. The van der Waals surface area contributed by atoms with Gasteiger partial charge in [-0.1, -0.05) is 44.2 Å². The quantitative estimate of drug-likeness (QED) is 0.148. The van der Waals surface area contributed by atoms with Crippen molar-refractivity contribution >= 4 is 23.6 Å². The van der Waals surface area contributed by atoms with Crippen molar-refractivity contribution in [3.8, 4) is 11.5 Å². The molecule has 2 bridgehead atoms. The van der Waals surface area contributed by atoms with Gasteiger partial charge in [-0.15, -0.1) is 0 Å². The van der Waals surface area contributed by atoms with Crippen molar-refractivity contribution in [2.24, 2.45) is 17.6 Å². The number of nitrogens with one attached hydrogen (secondary N) is 2. The Morgan fingerprint density at radius 1 is 1.00 bits per heavy atom. The zero-order valence-electron chi connectivity index (χ0n) is 35.3. The predicted molar refractivity (Wildman–Crippen MR) is 219 cm³/mol. The Hall–Kier alpha value is -4.80. The summed E-state index contributed by atoms with van der Waals surface area (Å²) in [6.45, 7) is 9.72. The number of amides is 2. The lowest BCUT2D eigenvalue weighted by Crippen LogP contribution is -2.40. The van der Waals surface area contributed by atoms with E-state index in [4.69, 9.17) is 34.2 Å². The van der Waals surface area contributed by atoms with E-state index in [1.54, 1.807) is 53.4 Å². The second-order valence-corrected chi connectivity index (χ2v) is 14.6. The molecule has 1 aliphatic carbocycles. The molecule has 0 radical (unpaired) electrons. The van der Waals surface area contributed by atoms with E-state index in [9.17, 15) is 24.3 Å². The molecule has 6 atom stereocenters. The summed E-state index contributed by atoms with van der Waals surface area (Å²) in [4.78, 5) is 55.4. The van der Waals surface area contributed by atoms with Crippen LogP contribution in [-0.2, 0) is 39.8 Å². The van der Waals surface area contributed by atoms with Gasteiger partial charge in [-0.25, -0.2) is 4.79 Å². The number of rotatable bonds is 15. The summed E-state index contributed by atoms with van der Waals surface area (Å²) in [5, 5.41) is 17.4. The molecule has 0 unspecified atom stereocenters. The molecule has 1 aromatic rings. The molecule has 0 aromatic heterocycles. The van der Waals surface area contributed by atoms with Gasteiger partial charge in [-0.05, 0) is 62.3 Å². The van der Waals surface area contributed by atoms with Gasteiger partial charge in [-0.2, -0.15) is 0 Å². The molecule has 320 valence electrons. The molecule has 0 saturated carbocycles. The fourth-order valence-corrected chi connectivity index (χ4v) is 7.00. The first-order valence-corrected chi connectivity index (χ1v) is 19.4. The largest absolute Gasteiger partial charge is 0.493 e. The highest BCUT2D eigenvalue weighted by Gasteiger charge is 2.33. The highest BCUT2D eigenvalue weighted by molar-refractivity contribution is 6.23. The monoisotopic (exact) mass is 810 g/mol. The number of hydrogen-bond donors (Lipinski definition) is 4. The van der Waals surface area contributed by atoms with Crippen LogP contribution in [0.15, 0.2) is 76.7 Å². The molecule has 1 heterocycles. The molecule has 0 saturated heterocycles. The molecule has 58 heavy (non-hydrogen) atoms. The Labute approximate surface area is 342 Å². The van der Waals surface area contributed by atoms with Crippen molar-refractivity contribution in [1.82, 2.24) is 15.5 Å². The number of aliphatic hydroxyl groups excluding tert-OH is 1. The first-order chi connectivity index (χ1) is 27.7. The summed E-state index contributed by atoms with van der Waals surface area (Å²) in [6, 6.07) is 5.81. The Bertz CT molecular complexity index is 1750. The molecule has 3 rings (SSSR count). The van der Waals surface area contributed by atoms with Gasteiger partial charge in [0.15, 0.2) is 17.6 Å². The number of aliphatic hydroxyl groups is 1. The first-order valence-electron chi connectivity index (χ1n) is 19.4. The van der Waals surface area contributed by atoms with E-state index in [1.807, 2.05) is 32.0 Å². The third-order valence-electron chi connectivity index (χ3n) is 10.3. The number of nitrogens with zero attached hydrogens (tertiary/aromatic N) is 1. The van der Waals surface area contributed by atoms with Crippen molar-refractivity contribution in [3.05, 3.63) is 82.3 Å². The van der Waals surface area contributed by atoms with Crippen molar-refractivity contribution in [1.29, 1.82) is 0 Å². The smallest absolute Gasteiger partial charge is 0.405 e. The van der Waals surface area contributed by atoms with E-state index in [-0.39, 0.29) is 34.9 Å². The van der Waals surface area contributed by atoms with Crippen LogP contribution in [0.1, 0.15) is 46.1 Å². The summed E-state index contributed by atoms with van der Waals surface area (Å²) in [6.07, 6.45) is 4.36. The molecule has 2 aliphatic rings. The lowest BCUT2D eigenvalue weighted by Gasteiger charge is -2.30. The van der Waals surface area contributed by atoms with Crippen LogP contribution in [-0.4, -0.2) is 126 Å². The Morgan fingerprint density at radius 3 is 2.36 bits per heavy atom. The molecule has 1 aromatic carbocycles. The van der Waals surface area contributed by atoms with E-state index < -0.39 is 53.9 Å². The van der Waals surface area contributed by atoms with Crippen molar-refractivity contribution < 1.29 is 52.7 Å². The second-order valence-electron chi connectivity index (χ2n) is 14.6. The number of ether oxygens (including phenoxy) is 6. The maximum absolute atomic E-state index is 14.2. The van der Waals surface area contributed by atoms with E-state index in [1.165, 1.54) is 20.3 Å². The van der Waals surface area contributed by atoms with Crippen molar-refractivity contribution in [2.75, 3.05) is 68.3 Å². The minimum absolute atomic E-state index is 0.143. The lowest BCUT2D eigenvalue weighted by molar-refractivity contribution is -0.120. The number of carbonyl (C=O) groups excluding carboxylic acids is 4.